The molecule has 0 aliphatic heterocycles. The molecule has 174 valence electrons. The van der Waals surface area contributed by atoms with Gasteiger partial charge in [0.2, 0.25) is 0 Å². The summed E-state index contributed by atoms with van der Waals surface area (Å²) in [7, 11) is 0. The zero-order valence-electron chi connectivity index (χ0n) is 16.7. The normalized spacial score (nSPS) is 38.4. The number of hydrogen-bond acceptors (Lipinski definition) is 5. The average molecular weight is 448 g/mol. The quantitative estimate of drug-likeness (QED) is 0.444. The van der Waals surface area contributed by atoms with Crippen LogP contribution in [0, 0.1) is 11.3 Å². The van der Waals surface area contributed by atoms with Gasteiger partial charge in [-0.2, -0.15) is 26.3 Å². The van der Waals surface area contributed by atoms with Gasteiger partial charge in [-0.1, -0.05) is 6.92 Å². The Kier molecular flexibility index (Phi) is 5.09. The summed E-state index contributed by atoms with van der Waals surface area (Å²) in [5.41, 5.74) is -11.3. The number of rotatable bonds is 5. The topological polar surface area (TPSA) is 87.0 Å². The molecule has 0 spiro atoms. The van der Waals surface area contributed by atoms with Crippen LogP contribution in [-0.4, -0.2) is 56.0 Å². The maximum atomic E-state index is 13.2. The van der Waals surface area contributed by atoms with Crippen LogP contribution in [0.2, 0.25) is 0 Å². The van der Waals surface area contributed by atoms with Crippen LogP contribution in [0.25, 0.3) is 0 Å². The fraction of sp³-hybridized carbons (Fsp3) is 0.947. The number of ether oxygens (including phenoxy) is 1. The van der Waals surface area contributed by atoms with Crippen LogP contribution in [0.4, 0.5) is 26.3 Å². The highest BCUT2D eigenvalue weighted by atomic mass is 19.4. The Hall–Kier alpha value is -1.07. The van der Waals surface area contributed by atoms with Gasteiger partial charge < -0.3 is 20.1 Å². The first-order valence-corrected chi connectivity index (χ1v) is 9.84. The molecule has 0 aromatic heterocycles. The molecule has 0 aromatic rings. The predicted molar refractivity (Wildman–Crippen MR) is 90.0 cm³/mol. The SMILES string of the molecule is CCC(C)(CC(O)(C(F)(F)F)C(F)(F)F)C(=O)OC12CC3CC(O)(CC(O)(C3)C1)C2. The number of esters is 1. The molecule has 0 saturated heterocycles. The summed E-state index contributed by atoms with van der Waals surface area (Å²) < 4.78 is 84.5. The Labute approximate surface area is 169 Å². The molecule has 30 heavy (non-hydrogen) atoms. The molecule has 4 rings (SSSR count). The molecule has 4 aliphatic carbocycles. The molecule has 0 radical (unpaired) electrons. The van der Waals surface area contributed by atoms with Gasteiger partial charge in [-0.05, 0) is 38.5 Å². The highest BCUT2D eigenvalue weighted by molar-refractivity contribution is 5.77. The van der Waals surface area contributed by atoms with E-state index in [-0.39, 0.29) is 31.6 Å². The second-order valence-electron chi connectivity index (χ2n) is 9.98. The van der Waals surface area contributed by atoms with Crippen molar-refractivity contribution >= 4 is 5.97 Å². The molecule has 0 aromatic carbocycles. The molecule has 0 heterocycles. The molecule has 3 N–H and O–H groups in total. The minimum Gasteiger partial charge on any atom is -0.458 e. The van der Waals surface area contributed by atoms with E-state index in [0.29, 0.717) is 12.8 Å². The largest absolute Gasteiger partial charge is 0.458 e. The zero-order chi connectivity index (χ0) is 23.0. The molecule has 4 fully saturated rings. The molecular weight excluding hydrogens is 422 g/mol. The third-order valence-corrected chi connectivity index (χ3v) is 7.12. The maximum Gasteiger partial charge on any atom is 0.426 e. The Morgan fingerprint density at radius 3 is 1.80 bits per heavy atom. The van der Waals surface area contributed by atoms with Crippen LogP contribution in [0.5, 0.6) is 0 Å². The highest BCUT2D eigenvalue weighted by Crippen LogP contribution is 2.61. The first kappa shape index (κ1) is 23.6. The molecule has 4 aliphatic rings. The summed E-state index contributed by atoms with van der Waals surface area (Å²) in [5, 5.41) is 31.0. The third kappa shape index (κ3) is 3.70. The number of aliphatic hydroxyl groups is 3. The summed E-state index contributed by atoms with van der Waals surface area (Å²) in [6, 6.07) is 0. The summed E-state index contributed by atoms with van der Waals surface area (Å²) >= 11 is 0. The van der Waals surface area contributed by atoms with Crippen molar-refractivity contribution in [1.82, 2.24) is 0 Å². The van der Waals surface area contributed by atoms with Crippen LogP contribution in [0.15, 0.2) is 0 Å². The lowest BCUT2D eigenvalue weighted by Crippen LogP contribution is -2.67. The summed E-state index contributed by atoms with van der Waals surface area (Å²) in [6.45, 7) is 2.12. The Morgan fingerprint density at radius 2 is 1.43 bits per heavy atom. The van der Waals surface area contributed by atoms with Crippen LogP contribution < -0.4 is 0 Å². The Bertz CT molecular complexity index is 687. The number of halogens is 6. The Balaban J connectivity index is 1.87. The Morgan fingerprint density at radius 1 is 0.967 bits per heavy atom. The van der Waals surface area contributed by atoms with E-state index >= 15 is 0 Å². The minimum atomic E-state index is -6.05. The van der Waals surface area contributed by atoms with Crippen LogP contribution in [0.1, 0.15) is 65.2 Å². The van der Waals surface area contributed by atoms with Crippen molar-refractivity contribution in [2.24, 2.45) is 11.3 Å². The van der Waals surface area contributed by atoms with Gasteiger partial charge in [0.15, 0.2) is 0 Å². The summed E-state index contributed by atoms with van der Waals surface area (Å²) in [6.07, 6.45) is -13.4. The molecule has 11 heteroatoms. The van der Waals surface area contributed by atoms with Gasteiger partial charge in [0.05, 0.1) is 16.6 Å². The van der Waals surface area contributed by atoms with Crippen LogP contribution >= 0.6 is 0 Å². The maximum absolute atomic E-state index is 13.2. The van der Waals surface area contributed by atoms with Gasteiger partial charge in [-0.25, -0.2) is 0 Å². The van der Waals surface area contributed by atoms with E-state index in [1.54, 1.807) is 0 Å². The first-order chi connectivity index (χ1) is 13.3. The zero-order valence-corrected chi connectivity index (χ0v) is 16.7. The second kappa shape index (κ2) is 6.48. The smallest absolute Gasteiger partial charge is 0.426 e. The molecular formula is C19H26F6O5. The van der Waals surface area contributed by atoms with E-state index < -0.39 is 59.0 Å². The fourth-order valence-corrected chi connectivity index (χ4v) is 5.95. The van der Waals surface area contributed by atoms with E-state index in [1.165, 1.54) is 6.92 Å². The van der Waals surface area contributed by atoms with Crippen LogP contribution in [-0.2, 0) is 9.53 Å². The van der Waals surface area contributed by atoms with E-state index in [4.69, 9.17) is 4.74 Å². The van der Waals surface area contributed by atoms with Gasteiger partial charge in [-0.3, -0.25) is 4.79 Å². The number of carbonyl (C=O) groups is 1. The monoisotopic (exact) mass is 448 g/mol. The molecule has 3 atom stereocenters. The molecule has 4 bridgehead atoms. The molecule has 0 amide bonds. The molecule has 4 saturated carbocycles. The van der Waals surface area contributed by atoms with Crippen molar-refractivity contribution in [3.05, 3.63) is 0 Å². The minimum absolute atomic E-state index is 0.0346. The second-order valence-corrected chi connectivity index (χ2v) is 9.98. The predicted octanol–water partition coefficient (Wildman–Crippen LogP) is 3.39. The van der Waals surface area contributed by atoms with Crippen molar-refractivity contribution < 1.29 is 51.2 Å². The van der Waals surface area contributed by atoms with E-state index in [1.807, 2.05) is 0 Å². The number of hydrogen-bond donors (Lipinski definition) is 3. The number of alkyl halides is 6. The van der Waals surface area contributed by atoms with Crippen molar-refractivity contribution in [2.45, 2.75) is 100.0 Å². The summed E-state index contributed by atoms with van der Waals surface area (Å²) in [4.78, 5) is 12.9. The van der Waals surface area contributed by atoms with E-state index in [0.717, 1.165) is 6.92 Å². The number of carbonyl (C=O) groups excluding carboxylic acids is 1. The standard InChI is InChI=1S/C19H26F6O5/c1-3-13(2,7-17(29,18(20,21)22)19(23,24)25)12(26)30-16-6-11-4-14(27,9-16)8-15(28,5-11)10-16/h11,27-29H,3-10H2,1-2H3. The van der Waals surface area contributed by atoms with Gasteiger partial charge in [0.1, 0.15) is 5.60 Å². The lowest BCUT2D eigenvalue weighted by atomic mass is 9.50. The van der Waals surface area contributed by atoms with Gasteiger partial charge in [0, 0.05) is 25.7 Å². The lowest BCUT2D eigenvalue weighted by Gasteiger charge is -2.62. The van der Waals surface area contributed by atoms with Gasteiger partial charge >= 0.3 is 18.3 Å². The highest BCUT2D eigenvalue weighted by Gasteiger charge is 2.72. The van der Waals surface area contributed by atoms with Crippen molar-refractivity contribution in [1.29, 1.82) is 0 Å². The van der Waals surface area contributed by atoms with Crippen molar-refractivity contribution in [3.8, 4) is 0 Å². The van der Waals surface area contributed by atoms with Crippen molar-refractivity contribution in [2.75, 3.05) is 0 Å². The van der Waals surface area contributed by atoms with Crippen LogP contribution in [0.3, 0.4) is 0 Å². The molecule has 3 unspecified atom stereocenters. The first-order valence-electron chi connectivity index (χ1n) is 9.84. The lowest BCUT2D eigenvalue weighted by molar-refractivity contribution is -0.375. The van der Waals surface area contributed by atoms with E-state index in [9.17, 15) is 46.5 Å². The molecule has 5 nitrogen and oxygen atoms in total. The van der Waals surface area contributed by atoms with Gasteiger partial charge in [0.25, 0.3) is 5.60 Å². The third-order valence-electron chi connectivity index (χ3n) is 7.12. The summed E-state index contributed by atoms with van der Waals surface area (Å²) in [5.74, 6) is -1.48. The van der Waals surface area contributed by atoms with Crippen molar-refractivity contribution in [3.63, 3.8) is 0 Å². The van der Waals surface area contributed by atoms with Gasteiger partial charge in [-0.15, -0.1) is 0 Å². The van der Waals surface area contributed by atoms with E-state index in [2.05, 4.69) is 0 Å². The fourth-order valence-electron chi connectivity index (χ4n) is 5.95. The average Bonchev–Trinajstić information content (AvgIpc) is 2.48.